The highest BCUT2D eigenvalue weighted by molar-refractivity contribution is 5.83. The monoisotopic (exact) mass is 975 g/mol. The van der Waals surface area contributed by atoms with E-state index in [2.05, 4.69) is 57.1 Å². The van der Waals surface area contributed by atoms with Crippen LogP contribution in [0.4, 0.5) is 0 Å². The number of carboxylic acids is 3. The maximum Gasteiger partial charge on any atom is 0.308 e. The van der Waals surface area contributed by atoms with Gasteiger partial charge in [0.2, 0.25) is 23.6 Å². The fraction of sp³-hybridized carbons (Fsp3) is 0.778. The van der Waals surface area contributed by atoms with Crippen molar-refractivity contribution in [3.05, 3.63) is 0 Å². The zero-order valence-electron chi connectivity index (χ0n) is 46.4. The number of piperidine rings is 2. The number of likely N-dealkylation sites (N-methyl/N-ethyl adjacent to an activating group) is 1. The van der Waals surface area contributed by atoms with Gasteiger partial charge in [0.1, 0.15) is 0 Å². The number of aliphatic carboxylic acids is 3. The number of nitrogens with one attached hydrogen (secondary N) is 7. The number of likely N-dealkylation sites (tertiary alicyclic amines) is 2. The van der Waals surface area contributed by atoms with E-state index in [-0.39, 0.29) is 62.4 Å². The molecule has 23 nitrogen and oxygen atoms in total. The Kier molecular flexibility index (Phi) is 25.3. The van der Waals surface area contributed by atoms with Crippen molar-refractivity contribution in [2.75, 3.05) is 105 Å². The SMILES string of the molecule is C.C[C@@H](CNC(=O)C1CCN(C(=O)CCCNC2=NCCN2)CC1)C(=O)O.C[C@@H](CNC(=O)C1CCN(C(=O)CCCNC2=NCCN2C)CC1)C(=O)O.O=C(O)CCCNC1=NCCN1.[2H]C([2H])([2H])[2H].[2H]C([2H])[2H]. The summed E-state index contributed by atoms with van der Waals surface area (Å²) in [6, 6.07) is 0. The predicted octanol–water partition coefficient (Wildman–Crippen LogP) is 0.432. The van der Waals surface area contributed by atoms with E-state index in [1.165, 1.54) is 0 Å². The molecule has 68 heavy (non-hydrogen) atoms. The molecule has 0 aliphatic carbocycles. The second kappa shape index (κ2) is 34.4. The van der Waals surface area contributed by atoms with Crippen LogP contribution in [-0.2, 0) is 33.6 Å². The van der Waals surface area contributed by atoms with E-state index in [4.69, 9.17) is 24.9 Å². The highest BCUT2D eigenvalue weighted by atomic mass is 16.4. The van der Waals surface area contributed by atoms with Crippen LogP contribution in [-0.4, -0.2) is 195 Å². The maximum atomic E-state index is 12.3. The Morgan fingerprint density at radius 1 is 0.647 bits per heavy atom. The zero-order chi connectivity index (χ0) is 55.6. The lowest BCUT2D eigenvalue weighted by Crippen LogP contribution is -2.44. The Balaban J connectivity index is 0.00000105. The molecule has 5 heterocycles. The molecule has 4 amide bonds. The molecular weight excluding hydrogens is 883 g/mol. The minimum atomic E-state index is -2.50. The van der Waals surface area contributed by atoms with Gasteiger partial charge in [-0.2, -0.15) is 0 Å². The molecule has 5 aliphatic rings. The van der Waals surface area contributed by atoms with Gasteiger partial charge in [0.15, 0.2) is 17.9 Å². The highest BCUT2D eigenvalue weighted by Crippen LogP contribution is 2.20. The summed E-state index contributed by atoms with van der Waals surface area (Å²) in [6.45, 7) is 12.9. The van der Waals surface area contributed by atoms with Crippen molar-refractivity contribution in [3.8, 4) is 0 Å². The minimum absolute atomic E-state index is 0. The van der Waals surface area contributed by atoms with Gasteiger partial charge in [-0.3, -0.25) is 48.5 Å². The number of hydrogen-bond acceptors (Lipinski definition) is 16. The van der Waals surface area contributed by atoms with Gasteiger partial charge in [-0.1, -0.05) is 36.0 Å². The number of carbonyl (C=O) groups excluding carboxylic acids is 4. The molecule has 23 heteroatoms. The number of nitrogens with zero attached hydrogens (tertiary/aromatic N) is 6. The van der Waals surface area contributed by atoms with Gasteiger partial charge >= 0.3 is 17.9 Å². The number of aliphatic imine (C=N–C) groups is 3. The molecule has 0 aromatic heterocycles. The van der Waals surface area contributed by atoms with E-state index in [1.807, 2.05) is 16.8 Å². The largest absolute Gasteiger partial charge is 0.481 e. The van der Waals surface area contributed by atoms with Crippen molar-refractivity contribution in [3.63, 3.8) is 0 Å². The van der Waals surface area contributed by atoms with Crippen molar-refractivity contribution in [1.29, 1.82) is 0 Å². The van der Waals surface area contributed by atoms with E-state index in [0.29, 0.717) is 84.2 Å². The average molecular weight is 975 g/mol. The Hall–Kier alpha value is -5.90. The summed E-state index contributed by atoms with van der Waals surface area (Å²) in [7, 11) is -1.92. The van der Waals surface area contributed by atoms with Gasteiger partial charge in [0.05, 0.1) is 31.5 Å². The lowest BCUT2D eigenvalue weighted by molar-refractivity contribution is -0.142. The average Bonchev–Trinajstić information content (AvgIpc) is 4.16. The Morgan fingerprint density at radius 3 is 1.38 bits per heavy atom. The summed E-state index contributed by atoms with van der Waals surface area (Å²) in [5.41, 5.74) is 0. The van der Waals surface area contributed by atoms with Crippen LogP contribution in [0, 0.1) is 23.7 Å². The van der Waals surface area contributed by atoms with Gasteiger partial charge in [-0.05, 0) is 44.9 Å². The lowest BCUT2D eigenvalue weighted by Gasteiger charge is -2.31. The Labute approximate surface area is 413 Å². The van der Waals surface area contributed by atoms with Crippen LogP contribution in [0.15, 0.2) is 15.0 Å². The van der Waals surface area contributed by atoms with Crippen LogP contribution in [0.25, 0.3) is 0 Å². The fourth-order valence-electron chi connectivity index (χ4n) is 7.16. The van der Waals surface area contributed by atoms with E-state index >= 15 is 0 Å². The summed E-state index contributed by atoms with van der Waals surface area (Å²) in [6.07, 6.45) is 5.79. The van der Waals surface area contributed by atoms with Crippen LogP contribution in [0.2, 0.25) is 0 Å². The van der Waals surface area contributed by atoms with Crippen LogP contribution < -0.4 is 37.2 Å². The molecule has 0 bridgehead atoms. The molecule has 5 rings (SSSR count). The van der Waals surface area contributed by atoms with Gasteiger partial charge < -0.3 is 67.2 Å². The number of amides is 4. The third-order valence-electron chi connectivity index (χ3n) is 11.4. The molecule has 10 N–H and O–H groups in total. The second-order valence-corrected chi connectivity index (χ2v) is 16.7. The zero-order valence-corrected chi connectivity index (χ0v) is 39.4. The summed E-state index contributed by atoms with van der Waals surface area (Å²) in [5.74, 6) is -1.57. The fourth-order valence-corrected chi connectivity index (χ4v) is 7.16. The molecule has 0 saturated carbocycles. The number of guanidine groups is 3. The topological polar surface area (TPSA) is 311 Å². The first kappa shape index (κ1) is 50.0. The molecule has 5 aliphatic heterocycles. The first-order valence-corrected chi connectivity index (χ1v) is 23.0. The number of rotatable bonds is 20. The van der Waals surface area contributed by atoms with Crippen LogP contribution in [0.1, 0.15) is 110 Å². The van der Waals surface area contributed by atoms with E-state index < -0.39 is 44.4 Å². The molecule has 0 spiro atoms. The molecule has 0 unspecified atom stereocenters. The number of hydrogen-bond donors (Lipinski definition) is 10. The number of carbonyl (C=O) groups is 7. The van der Waals surface area contributed by atoms with Crippen molar-refractivity contribution in [2.45, 2.75) is 100 Å². The van der Waals surface area contributed by atoms with Gasteiger partial charge in [-0.15, -0.1) is 0 Å². The molecule has 0 aromatic carbocycles. The van der Waals surface area contributed by atoms with Crippen LogP contribution >= 0.6 is 0 Å². The molecule has 2 saturated heterocycles. The van der Waals surface area contributed by atoms with Crippen LogP contribution in [0.5, 0.6) is 0 Å². The molecule has 2 atom stereocenters. The minimum Gasteiger partial charge on any atom is -0.481 e. The van der Waals surface area contributed by atoms with Gasteiger partial charge in [-0.25, -0.2) is 0 Å². The molecule has 0 aromatic rings. The van der Waals surface area contributed by atoms with Crippen molar-refractivity contribution in [1.82, 2.24) is 51.9 Å². The van der Waals surface area contributed by atoms with E-state index in [0.717, 1.165) is 76.5 Å². The smallest absolute Gasteiger partial charge is 0.308 e. The summed E-state index contributed by atoms with van der Waals surface area (Å²) < 4.78 is 41.5. The van der Waals surface area contributed by atoms with Crippen LogP contribution in [0.3, 0.4) is 0 Å². The third-order valence-corrected chi connectivity index (χ3v) is 11.4. The standard InChI is InChI=1S/C18H31N5O4.C17H29N5O4.C7H13N3O2.3CH4/c1-13(17(26)27)12-21-16(25)14-5-9-23(10-6-14)15(24)4-3-7-19-18-20-8-11-22(18)2;1-12(16(25)26)11-21-15(24)13-4-9-22(10-5-13)14(23)3-2-6-18-17-19-7-8-20-17;11-6(12)2-1-3-8-7-9-4-5-10-7;;;/h13-14H,3-12H2,1-2H3,(H,19,20)(H,21,25)(H,26,27);12-13H,2-11H2,1H3,(H,21,24)(H,25,26)(H2,18,19,20);1-5H2,(H,11,12)(H2,8,9,10);3*1H4/t13-;12-;;;;/m00..../s1/i;;;1D4;1D3;. The highest BCUT2D eigenvalue weighted by Gasteiger charge is 2.29. The first-order valence-electron chi connectivity index (χ1n) is 26.7. The predicted molar refractivity (Wildman–Crippen MR) is 263 cm³/mol. The summed E-state index contributed by atoms with van der Waals surface area (Å²) in [4.78, 5) is 98.9. The van der Waals surface area contributed by atoms with Crippen molar-refractivity contribution >= 4 is 59.4 Å². The van der Waals surface area contributed by atoms with E-state index in [9.17, 15) is 33.6 Å². The Morgan fingerprint density at radius 2 is 1.04 bits per heavy atom. The molecule has 390 valence electrons. The normalized spacial score (nSPS) is 18.8. The van der Waals surface area contributed by atoms with E-state index in [1.54, 1.807) is 13.8 Å². The quantitative estimate of drug-likeness (QED) is 0.0740. The molecule has 0 radical (unpaired) electrons. The number of carboxylic acid groups (broad SMARTS) is 3. The summed E-state index contributed by atoms with van der Waals surface area (Å²) >= 11 is 0. The lowest BCUT2D eigenvalue weighted by atomic mass is 9.95. The summed E-state index contributed by atoms with van der Waals surface area (Å²) in [5, 5.41) is 47.0. The third kappa shape index (κ3) is 24.2. The van der Waals surface area contributed by atoms with Crippen molar-refractivity contribution < 1.29 is 58.5 Å². The van der Waals surface area contributed by atoms with Gasteiger partial charge in [0.25, 0.3) is 0 Å². The molecule has 2 fully saturated rings. The first-order chi connectivity index (χ1) is 34.9. The Bertz CT molecular complexity index is 1830. The molecular formula is C45H85N13O10. The van der Waals surface area contributed by atoms with Crippen molar-refractivity contribution in [2.24, 2.45) is 38.6 Å². The maximum absolute atomic E-state index is 12.3. The second-order valence-electron chi connectivity index (χ2n) is 16.7. The van der Waals surface area contributed by atoms with Gasteiger partial charge in [0, 0.05) is 126 Å².